The lowest BCUT2D eigenvalue weighted by Gasteiger charge is -2.19. The monoisotopic (exact) mass is 458 g/mol. The van der Waals surface area contributed by atoms with Gasteiger partial charge in [0.15, 0.2) is 0 Å². The van der Waals surface area contributed by atoms with Crippen molar-refractivity contribution in [2.45, 2.75) is 76.3 Å². The molecule has 0 aromatic carbocycles. The van der Waals surface area contributed by atoms with Gasteiger partial charge in [-0.3, -0.25) is 0 Å². The summed E-state index contributed by atoms with van der Waals surface area (Å²) in [4.78, 5) is 2.23. The molecular weight excluding hydrogens is 424 g/mol. The number of thiophene rings is 1. The Kier molecular flexibility index (Phi) is 11.0. The van der Waals surface area contributed by atoms with E-state index in [1.807, 2.05) is 31.2 Å². The highest BCUT2D eigenvalue weighted by molar-refractivity contribution is 7.12. The zero-order valence-corrected chi connectivity index (χ0v) is 19.1. The molecule has 1 aromatic heterocycles. The van der Waals surface area contributed by atoms with Gasteiger partial charge in [-0.25, -0.2) is 0 Å². The molecule has 1 fully saturated rings. The largest absolute Gasteiger partial charge is 0.394 e. The van der Waals surface area contributed by atoms with Crippen molar-refractivity contribution in [1.29, 1.82) is 0 Å². The van der Waals surface area contributed by atoms with Crippen LogP contribution in [0.1, 0.15) is 48.3 Å². The number of unbranched alkanes of at least 4 members (excludes halogenated alkanes) is 1. The first-order valence-corrected chi connectivity index (χ1v) is 11.9. The molecule has 2 rings (SSSR count). The van der Waals surface area contributed by atoms with Gasteiger partial charge in [0.25, 0.3) is 0 Å². The predicted octanol–water partition coefficient (Wildman–Crippen LogP) is 3.39. The van der Waals surface area contributed by atoms with E-state index in [0.29, 0.717) is 25.7 Å². The fourth-order valence-corrected chi connectivity index (χ4v) is 5.18. The molecule has 170 valence electrons. The Morgan fingerprint density at radius 1 is 1.20 bits per heavy atom. The molecule has 7 heteroatoms. The van der Waals surface area contributed by atoms with Crippen molar-refractivity contribution in [3.63, 3.8) is 0 Å². The van der Waals surface area contributed by atoms with Crippen LogP contribution in [0.5, 0.6) is 0 Å². The minimum Gasteiger partial charge on any atom is -0.394 e. The molecule has 0 aliphatic heterocycles. The van der Waals surface area contributed by atoms with Crippen LogP contribution in [0.25, 0.3) is 0 Å². The third kappa shape index (κ3) is 8.08. The molecule has 5 N–H and O–H groups in total. The maximum atomic E-state index is 10.3. The smallest absolute Gasteiger partial charge is 0.0771 e. The molecule has 1 aliphatic carbocycles. The molecule has 0 saturated heterocycles. The zero-order chi connectivity index (χ0) is 22.1. The summed E-state index contributed by atoms with van der Waals surface area (Å²) in [5, 5.41) is 49.9. The van der Waals surface area contributed by atoms with E-state index in [4.69, 9.17) is 16.7 Å². The first-order chi connectivity index (χ1) is 14.3. The summed E-state index contributed by atoms with van der Waals surface area (Å²) in [5.74, 6) is -0.268. The maximum absolute atomic E-state index is 10.3. The van der Waals surface area contributed by atoms with Crippen LogP contribution in [0.3, 0.4) is 0 Å². The van der Waals surface area contributed by atoms with Crippen LogP contribution in [0.4, 0.5) is 0 Å². The lowest BCUT2D eigenvalue weighted by atomic mass is 9.89. The van der Waals surface area contributed by atoms with Gasteiger partial charge in [0.1, 0.15) is 0 Å². The molecule has 6 atom stereocenters. The van der Waals surface area contributed by atoms with Gasteiger partial charge in [-0.15, -0.1) is 11.3 Å². The molecule has 0 unspecified atom stereocenters. The second kappa shape index (κ2) is 13.0. The highest BCUT2D eigenvalue weighted by Crippen LogP contribution is 2.36. The van der Waals surface area contributed by atoms with Crippen molar-refractivity contribution >= 4 is 22.9 Å². The Bertz CT molecular complexity index is 670. The van der Waals surface area contributed by atoms with Crippen LogP contribution < -0.4 is 0 Å². The number of aliphatic hydroxyl groups is 5. The van der Waals surface area contributed by atoms with Gasteiger partial charge < -0.3 is 25.5 Å². The SMILES string of the molecule is Cc1sc(CC[C@H](O)/C=C/[C@@H]2[C@@H](C/C=C\CCC[C@@H](O)CO)[C@@H](O)C[C@H]2O)cc1Cl. The summed E-state index contributed by atoms with van der Waals surface area (Å²) in [6.07, 6.45) is 9.66. The molecule has 5 nitrogen and oxygen atoms in total. The Balaban J connectivity index is 1.81. The third-order valence-corrected chi connectivity index (χ3v) is 7.37. The number of halogens is 1. The Hall–Kier alpha value is -0.730. The minimum absolute atomic E-state index is 0.0820. The van der Waals surface area contributed by atoms with Crippen LogP contribution in [0.15, 0.2) is 30.4 Å². The number of rotatable bonds is 12. The number of aliphatic hydroxyl groups excluding tert-OH is 5. The van der Waals surface area contributed by atoms with Crippen molar-refractivity contribution in [3.05, 3.63) is 45.1 Å². The van der Waals surface area contributed by atoms with Crippen molar-refractivity contribution in [1.82, 2.24) is 0 Å². The Morgan fingerprint density at radius 3 is 2.63 bits per heavy atom. The molecule has 1 saturated carbocycles. The normalized spacial score (nSPS) is 26.8. The van der Waals surface area contributed by atoms with Gasteiger partial charge in [-0.2, -0.15) is 0 Å². The molecule has 1 aromatic rings. The van der Waals surface area contributed by atoms with Crippen LogP contribution in [-0.4, -0.2) is 56.6 Å². The van der Waals surface area contributed by atoms with Gasteiger partial charge in [-0.1, -0.05) is 35.9 Å². The summed E-state index contributed by atoms with van der Waals surface area (Å²) in [6.45, 7) is 1.77. The number of aryl methyl sites for hydroxylation is 2. The predicted molar refractivity (Wildman–Crippen MR) is 122 cm³/mol. The average Bonchev–Trinajstić information content (AvgIpc) is 3.17. The van der Waals surface area contributed by atoms with E-state index in [0.717, 1.165) is 34.0 Å². The standard InChI is InChI=1S/C23H35ClO5S/c1-15-21(24)12-18(30-15)10-8-16(26)9-11-20-19(22(28)13-23(20)29)7-5-3-2-4-6-17(27)14-25/h3,5,9,11-12,16-17,19-20,22-23,25-29H,2,4,6-8,10,13-14H2,1H3/b5-3-,11-9+/t16-,17+,19+,20+,22-,23+/m0/s1. The summed E-state index contributed by atoms with van der Waals surface area (Å²) in [5.41, 5.74) is 0. The van der Waals surface area contributed by atoms with Crippen LogP contribution >= 0.6 is 22.9 Å². The number of hydrogen-bond acceptors (Lipinski definition) is 6. The molecule has 0 spiro atoms. The van der Waals surface area contributed by atoms with E-state index in [1.54, 1.807) is 17.4 Å². The van der Waals surface area contributed by atoms with Crippen molar-refractivity contribution < 1.29 is 25.5 Å². The first kappa shape index (κ1) is 25.5. The molecule has 0 amide bonds. The zero-order valence-electron chi connectivity index (χ0n) is 17.5. The second-order valence-corrected chi connectivity index (χ2v) is 9.94. The first-order valence-electron chi connectivity index (χ1n) is 10.7. The summed E-state index contributed by atoms with van der Waals surface area (Å²) >= 11 is 7.73. The minimum atomic E-state index is -0.660. The Labute approximate surface area is 188 Å². The van der Waals surface area contributed by atoms with Crippen LogP contribution in [-0.2, 0) is 6.42 Å². The van der Waals surface area contributed by atoms with Gasteiger partial charge in [-0.05, 0) is 57.4 Å². The van der Waals surface area contributed by atoms with Crippen molar-refractivity contribution in [2.24, 2.45) is 11.8 Å². The van der Waals surface area contributed by atoms with Crippen molar-refractivity contribution in [3.8, 4) is 0 Å². The van der Waals surface area contributed by atoms with Gasteiger partial charge in [0, 0.05) is 22.1 Å². The number of hydrogen-bond donors (Lipinski definition) is 5. The molecule has 1 heterocycles. The summed E-state index contributed by atoms with van der Waals surface area (Å²) in [6, 6.07) is 1.95. The van der Waals surface area contributed by atoms with Gasteiger partial charge in [0.2, 0.25) is 0 Å². The summed E-state index contributed by atoms with van der Waals surface area (Å²) < 4.78 is 0. The van der Waals surface area contributed by atoms with E-state index in [-0.39, 0.29) is 18.4 Å². The van der Waals surface area contributed by atoms with Crippen LogP contribution in [0, 0.1) is 18.8 Å². The van der Waals surface area contributed by atoms with Gasteiger partial charge in [0.05, 0.1) is 36.0 Å². The maximum Gasteiger partial charge on any atom is 0.0771 e. The summed E-state index contributed by atoms with van der Waals surface area (Å²) in [7, 11) is 0. The topological polar surface area (TPSA) is 101 Å². The van der Waals surface area contributed by atoms with E-state index >= 15 is 0 Å². The lowest BCUT2D eigenvalue weighted by Crippen LogP contribution is -2.20. The third-order valence-electron chi connectivity index (χ3n) is 5.76. The highest BCUT2D eigenvalue weighted by Gasteiger charge is 2.39. The highest BCUT2D eigenvalue weighted by atomic mass is 35.5. The quantitative estimate of drug-likeness (QED) is 0.244. The van der Waals surface area contributed by atoms with E-state index in [2.05, 4.69) is 0 Å². The van der Waals surface area contributed by atoms with Gasteiger partial charge >= 0.3 is 0 Å². The van der Waals surface area contributed by atoms with E-state index < -0.39 is 24.4 Å². The Morgan fingerprint density at radius 2 is 1.97 bits per heavy atom. The second-order valence-electron chi connectivity index (χ2n) is 8.19. The van der Waals surface area contributed by atoms with E-state index in [9.17, 15) is 20.4 Å². The van der Waals surface area contributed by atoms with E-state index in [1.165, 1.54) is 0 Å². The molecule has 30 heavy (non-hydrogen) atoms. The lowest BCUT2D eigenvalue weighted by molar-refractivity contribution is 0.0868. The van der Waals surface area contributed by atoms with Crippen molar-refractivity contribution in [2.75, 3.05) is 6.61 Å². The molecule has 0 bridgehead atoms. The molecule has 0 radical (unpaired) electrons. The molecule has 1 aliphatic rings. The molecular formula is C23H35ClO5S. The average molecular weight is 459 g/mol. The fraction of sp³-hybridized carbons (Fsp3) is 0.652. The van der Waals surface area contributed by atoms with Crippen LogP contribution in [0.2, 0.25) is 5.02 Å². The fourth-order valence-electron chi connectivity index (χ4n) is 3.92. The number of allylic oxidation sites excluding steroid dienone is 2.